The molecule has 0 amide bonds. The zero-order valence-corrected chi connectivity index (χ0v) is 40.8. The molecule has 0 aliphatic carbocycles. The lowest BCUT2D eigenvalue weighted by Crippen LogP contribution is -2.09. The van der Waals surface area contributed by atoms with Gasteiger partial charge in [0.05, 0.1) is 33.3 Å². The quantitative estimate of drug-likeness (QED) is 0.152. The Kier molecular flexibility index (Phi) is 9.85. The van der Waals surface area contributed by atoms with Crippen molar-refractivity contribution < 1.29 is 0 Å². The molecule has 0 radical (unpaired) electrons. The van der Waals surface area contributed by atoms with E-state index < -0.39 is 0 Å². The number of hydrogen-bond acceptors (Lipinski definition) is 2. The van der Waals surface area contributed by atoms with E-state index in [9.17, 15) is 0 Å². The zero-order chi connectivity index (χ0) is 49.4. The van der Waals surface area contributed by atoms with Gasteiger partial charge in [-0.25, -0.2) is 0 Å². The van der Waals surface area contributed by atoms with E-state index in [-0.39, 0.29) is 0 Å². The Bertz CT molecular complexity index is 4660. The van der Waals surface area contributed by atoms with Crippen molar-refractivity contribution in [2.75, 3.05) is 4.90 Å². The van der Waals surface area contributed by atoms with Gasteiger partial charge in [0.15, 0.2) is 0 Å². The highest BCUT2D eigenvalue weighted by molar-refractivity contribution is 6.23. The molecule has 0 saturated heterocycles. The summed E-state index contributed by atoms with van der Waals surface area (Å²) in [6.45, 7) is 0. The van der Waals surface area contributed by atoms with Crippen molar-refractivity contribution in [3.05, 3.63) is 279 Å². The lowest BCUT2D eigenvalue weighted by Gasteiger charge is -2.26. The first-order valence-corrected chi connectivity index (χ1v) is 25.7. The number of nitrogens with zero attached hydrogens (tertiary/aromatic N) is 4. The van der Waals surface area contributed by atoms with Gasteiger partial charge in [0.2, 0.25) is 0 Å². The first kappa shape index (κ1) is 42.6. The maximum atomic E-state index is 4.82. The second-order valence-electron chi connectivity index (χ2n) is 19.5. The van der Waals surface area contributed by atoms with Gasteiger partial charge in [0, 0.05) is 66.8 Å². The third kappa shape index (κ3) is 6.95. The van der Waals surface area contributed by atoms with Crippen molar-refractivity contribution in [2.45, 2.75) is 0 Å². The van der Waals surface area contributed by atoms with Crippen LogP contribution in [-0.4, -0.2) is 14.1 Å². The molecular weight excluding hydrogens is 909 g/mol. The highest BCUT2D eigenvalue weighted by atomic mass is 15.1. The van der Waals surface area contributed by atoms with Crippen molar-refractivity contribution in [1.82, 2.24) is 14.1 Å². The molecule has 0 bridgehead atoms. The Labute approximate surface area is 433 Å². The van der Waals surface area contributed by atoms with E-state index in [1.54, 1.807) is 0 Å². The molecule has 0 saturated carbocycles. The Morgan fingerprint density at radius 1 is 0.307 bits per heavy atom. The van der Waals surface area contributed by atoms with Gasteiger partial charge in [-0.2, -0.15) is 0 Å². The Hall–Kier alpha value is -10.0. The van der Waals surface area contributed by atoms with Crippen LogP contribution < -0.4 is 4.90 Å². The van der Waals surface area contributed by atoms with Gasteiger partial charge in [-0.05, 0) is 153 Å². The molecule has 350 valence electrons. The third-order valence-corrected chi connectivity index (χ3v) is 15.2. The summed E-state index contributed by atoms with van der Waals surface area (Å²) >= 11 is 0. The number of hydrogen-bond donors (Lipinski definition) is 0. The van der Waals surface area contributed by atoms with Crippen LogP contribution in [0.2, 0.25) is 0 Å². The van der Waals surface area contributed by atoms with Crippen molar-refractivity contribution >= 4 is 93.1 Å². The molecule has 75 heavy (non-hydrogen) atoms. The van der Waals surface area contributed by atoms with Crippen LogP contribution in [0.5, 0.6) is 0 Å². The largest absolute Gasteiger partial charge is 0.310 e. The minimum atomic E-state index is 0.967. The van der Waals surface area contributed by atoms with E-state index in [1.165, 1.54) is 65.2 Å². The monoisotopic (exact) mass is 954 g/mol. The van der Waals surface area contributed by atoms with Crippen LogP contribution in [0.15, 0.2) is 279 Å². The smallest absolute Gasteiger partial charge is 0.0723 e. The molecule has 0 N–H and O–H groups in total. The molecule has 0 atom stereocenters. The van der Waals surface area contributed by atoms with E-state index >= 15 is 0 Å². The lowest BCUT2D eigenvalue weighted by atomic mass is 9.90. The molecule has 4 nitrogen and oxygen atoms in total. The highest BCUT2D eigenvalue weighted by Crippen LogP contribution is 2.47. The number of benzene rings is 12. The third-order valence-electron chi connectivity index (χ3n) is 15.2. The minimum absolute atomic E-state index is 0.967. The van der Waals surface area contributed by atoms with E-state index in [4.69, 9.17) is 4.98 Å². The fourth-order valence-electron chi connectivity index (χ4n) is 12.0. The molecule has 3 aromatic heterocycles. The summed E-state index contributed by atoms with van der Waals surface area (Å²) < 4.78 is 4.97. The summed E-state index contributed by atoms with van der Waals surface area (Å²) in [5, 5.41) is 10.8. The molecule has 0 aliphatic heterocycles. The highest BCUT2D eigenvalue weighted by Gasteiger charge is 2.23. The molecule has 15 rings (SSSR count). The number of pyridine rings is 1. The number of fused-ring (bicyclic) bond motifs is 10. The average Bonchev–Trinajstić information content (AvgIpc) is 4.00. The predicted molar refractivity (Wildman–Crippen MR) is 316 cm³/mol. The van der Waals surface area contributed by atoms with Gasteiger partial charge < -0.3 is 14.0 Å². The summed E-state index contributed by atoms with van der Waals surface area (Å²) in [6.07, 6.45) is 1.88. The van der Waals surface area contributed by atoms with Crippen LogP contribution in [0.25, 0.3) is 121 Å². The molecule has 3 heterocycles. The van der Waals surface area contributed by atoms with E-state index in [1.807, 2.05) is 12.3 Å². The second kappa shape index (κ2) is 17.3. The molecule has 0 aliphatic rings. The van der Waals surface area contributed by atoms with Gasteiger partial charge in [0.1, 0.15) is 0 Å². The molecule has 0 spiro atoms. The molecular formula is C71H46N4. The molecule has 0 unspecified atom stereocenters. The average molecular weight is 955 g/mol. The minimum Gasteiger partial charge on any atom is -0.310 e. The van der Waals surface area contributed by atoms with Gasteiger partial charge in [-0.15, -0.1) is 0 Å². The van der Waals surface area contributed by atoms with Crippen molar-refractivity contribution in [1.29, 1.82) is 0 Å². The number of aromatic nitrogens is 3. The maximum absolute atomic E-state index is 4.82. The summed E-state index contributed by atoms with van der Waals surface area (Å²) in [4.78, 5) is 7.17. The summed E-state index contributed by atoms with van der Waals surface area (Å²) in [6, 6.07) is 99.8. The van der Waals surface area contributed by atoms with Crippen LogP contribution in [0.3, 0.4) is 0 Å². The van der Waals surface area contributed by atoms with Crippen LogP contribution in [0, 0.1) is 0 Å². The number of anilines is 3. The second-order valence-corrected chi connectivity index (χ2v) is 19.5. The van der Waals surface area contributed by atoms with Gasteiger partial charge in [0.25, 0.3) is 0 Å². The fraction of sp³-hybridized carbons (Fsp3) is 0. The van der Waals surface area contributed by atoms with Gasteiger partial charge in [-0.3, -0.25) is 4.98 Å². The van der Waals surface area contributed by atoms with Crippen LogP contribution in [-0.2, 0) is 0 Å². The van der Waals surface area contributed by atoms with Crippen LogP contribution in [0.1, 0.15) is 0 Å². The fourth-order valence-corrected chi connectivity index (χ4v) is 12.0. The van der Waals surface area contributed by atoms with Gasteiger partial charge >= 0.3 is 0 Å². The molecule has 0 fully saturated rings. The summed E-state index contributed by atoms with van der Waals surface area (Å²) in [5.41, 5.74) is 18.0. The molecule has 12 aromatic carbocycles. The Morgan fingerprint density at radius 2 is 0.920 bits per heavy atom. The Balaban J connectivity index is 1.04. The zero-order valence-electron chi connectivity index (χ0n) is 40.8. The SMILES string of the molecule is c1ccc(N(c2ccccc2)c2cccc(-c3cc(-c4cccc5c4c4ccc6ccccc6c4n5-c4cccc5ncccc45)cc(-c4cccc5c6cc7ccccc7cc6n(-c6ccccc6)c45)c3)c2)cc1. The topological polar surface area (TPSA) is 26.0 Å². The summed E-state index contributed by atoms with van der Waals surface area (Å²) in [7, 11) is 0. The normalized spacial score (nSPS) is 11.7. The lowest BCUT2D eigenvalue weighted by molar-refractivity contribution is 1.18. The first-order valence-electron chi connectivity index (χ1n) is 25.7. The van der Waals surface area contributed by atoms with E-state index in [0.717, 1.165) is 72.7 Å². The van der Waals surface area contributed by atoms with Crippen molar-refractivity contribution in [3.8, 4) is 44.8 Å². The number of rotatable bonds is 8. The van der Waals surface area contributed by atoms with E-state index in [0.29, 0.717) is 0 Å². The summed E-state index contributed by atoms with van der Waals surface area (Å²) in [5.74, 6) is 0. The maximum Gasteiger partial charge on any atom is 0.0723 e. The standard InChI is InChI=1S/C71H46N4/c1-4-23-54(24-5-1)73(55-25-6-2-7-26-55)57-29-14-22-48(44-57)51-41-52(43-53(42-51)60-32-15-33-61-64-45-49-20-10-11-21-50(49)46-68(64)74(70(60)61)56-27-8-3-9-28-56)58-31-16-37-67-69(58)63-39-38-47-19-12-13-30-59(47)71(63)75(67)66-36-17-35-65-62(66)34-18-40-72-65/h1-46H. The predicted octanol–water partition coefficient (Wildman–Crippen LogP) is 19.2. The first-order chi connectivity index (χ1) is 37.2. The molecule has 4 heteroatoms. The van der Waals surface area contributed by atoms with E-state index in [2.05, 4.69) is 281 Å². The molecule has 15 aromatic rings. The van der Waals surface area contributed by atoms with Crippen LogP contribution >= 0.6 is 0 Å². The van der Waals surface area contributed by atoms with Crippen molar-refractivity contribution in [3.63, 3.8) is 0 Å². The Morgan fingerprint density at radius 3 is 1.72 bits per heavy atom. The van der Waals surface area contributed by atoms with Gasteiger partial charge in [-0.1, -0.05) is 164 Å². The van der Waals surface area contributed by atoms with Crippen LogP contribution in [0.4, 0.5) is 17.1 Å². The number of para-hydroxylation sites is 4. The van der Waals surface area contributed by atoms with Crippen molar-refractivity contribution in [2.24, 2.45) is 0 Å².